The molecule has 0 amide bonds. The molecule has 0 bridgehead atoms. The Kier molecular flexibility index (Phi) is 4.90. The highest BCUT2D eigenvalue weighted by Gasteiger charge is 2.25. The summed E-state index contributed by atoms with van der Waals surface area (Å²) < 4.78 is 21.6. The van der Waals surface area contributed by atoms with Crippen molar-refractivity contribution in [3.05, 3.63) is 54.4 Å². The van der Waals surface area contributed by atoms with Crippen molar-refractivity contribution in [1.29, 1.82) is 5.26 Å². The van der Waals surface area contributed by atoms with Gasteiger partial charge in [-0.1, -0.05) is 12.1 Å². The molecule has 2 aromatic heterocycles. The van der Waals surface area contributed by atoms with E-state index in [9.17, 15) is 10.4 Å². The minimum atomic E-state index is -0.158. The molecule has 0 aliphatic heterocycles. The minimum Gasteiger partial charge on any atom is -0.504 e. The third kappa shape index (κ3) is 2.95. The fourth-order valence-corrected chi connectivity index (χ4v) is 3.46. The number of phenolic OH excluding ortho intramolecular Hbond substituents is 1. The SMILES string of the molecule is COc1ccc(-c2cc(-c3c(O)c(OC)c4occc4c3OC)ncc2C#N)cc1. The lowest BCUT2D eigenvalue weighted by atomic mass is 9.97. The van der Waals surface area contributed by atoms with E-state index in [-0.39, 0.29) is 11.5 Å². The number of phenols is 1. The highest BCUT2D eigenvalue weighted by Crippen LogP contribution is 2.50. The van der Waals surface area contributed by atoms with Crippen molar-refractivity contribution in [3.8, 4) is 51.5 Å². The lowest BCUT2D eigenvalue weighted by molar-refractivity contribution is 0.367. The van der Waals surface area contributed by atoms with Crippen LogP contribution in [-0.2, 0) is 0 Å². The number of aromatic hydroxyl groups is 1. The molecule has 0 saturated heterocycles. The molecule has 0 unspecified atom stereocenters. The van der Waals surface area contributed by atoms with Gasteiger partial charge in [-0.3, -0.25) is 4.98 Å². The van der Waals surface area contributed by atoms with Crippen LogP contribution in [0.4, 0.5) is 0 Å². The summed E-state index contributed by atoms with van der Waals surface area (Å²) in [6, 6.07) is 13.0. The molecule has 0 fully saturated rings. The molecule has 1 N–H and O–H groups in total. The maximum absolute atomic E-state index is 10.9. The third-order valence-electron chi connectivity index (χ3n) is 4.88. The monoisotopic (exact) mass is 402 g/mol. The van der Waals surface area contributed by atoms with Crippen molar-refractivity contribution >= 4 is 11.0 Å². The van der Waals surface area contributed by atoms with Crippen LogP contribution >= 0.6 is 0 Å². The third-order valence-corrected chi connectivity index (χ3v) is 4.88. The summed E-state index contributed by atoms with van der Waals surface area (Å²) in [4.78, 5) is 4.40. The Balaban J connectivity index is 1.98. The molecule has 7 heteroatoms. The zero-order valence-corrected chi connectivity index (χ0v) is 16.6. The van der Waals surface area contributed by atoms with Gasteiger partial charge in [0.1, 0.15) is 17.6 Å². The molecule has 0 aliphatic rings. The summed E-state index contributed by atoms with van der Waals surface area (Å²) in [5.74, 6) is 1.13. The number of benzene rings is 2. The van der Waals surface area contributed by atoms with Gasteiger partial charge in [0.25, 0.3) is 0 Å². The fraction of sp³-hybridized carbons (Fsp3) is 0.130. The predicted molar refractivity (Wildman–Crippen MR) is 111 cm³/mol. The Morgan fingerprint density at radius 2 is 1.73 bits per heavy atom. The van der Waals surface area contributed by atoms with Gasteiger partial charge in [-0.05, 0) is 29.8 Å². The maximum Gasteiger partial charge on any atom is 0.205 e. The average molecular weight is 402 g/mol. The zero-order valence-electron chi connectivity index (χ0n) is 16.6. The van der Waals surface area contributed by atoms with Crippen LogP contribution in [0.3, 0.4) is 0 Å². The lowest BCUT2D eigenvalue weighted by Gasteiger charge is -2.15. The smallest absolute Gasteiger partial charge is 0.205 e. The van der Waals surface area contributed by atoms with E-state index < -0.39 is 0 Å². The van der Waals surface area contributed by atoms with E-state index in [0.29, 0.717) is 44.9 Å². The Bertz CT molecular complexity index is 1270. The van der Waals surface area contributed by atoms with Gasteiger partial charge in [-0.15, -0.1) is 0 Å². The van der Waals surface area contributed by atoms with Crippen LogP contribution in [0, 0.1) is 11.3 Å². The molecule has 4 aromatic rings. The first kappa shape index (κ1) is 19.2. The highest BCUT2D eigenvalue weighted by molar-refractivity contribution is 6.00. The second kappa shape index (κ2) is 7.68. The number of fused-ring (bicyclic) bond motifs is 1. The Morgan fingerprint density at radius 1 is 1.00 bits per heavy atom. The molecule has 2 heterocycles. The number of nitriles is 1. The van der Waals surface area contributed by atoms with E-state index in [2.05, 4.69) is 11.1 Å². The molecule has 0 saturated carbocycles. The van der Waals surface area contributed by atoms with Gasteiger partial charge in [0.05, 0.1) is 49.8 Å². The van der Waals surface area contributed by atoms with Crippen molar-refractivity contribution in [3.63, 3.8) is 0 Å². The van der Waals surface area contributed by atoms with Gasteiger partial charge >= 0.3 is 0 Å². The van der Waals surface area contributed by atoms with Crippen molar-refractivity contribution in [1.82, 2.24) is 4.98 Å². The van der Waals surface area contributed by atoms with Crippen LogP contribution in [0.25, 0.3) is 33.4 Å². The topological polar surface area (TPSA) is 97.7 Å². The first-order valence-corrected chi connectivity index (χ1v) is 9.02. The van der Waals surface area contributed by atoms with E-state index in [1.165, 1.54) is 26.7 Å². The number of ether oxygens (including phenoxy) is 3. The summed E-state index contributed by atoms with van der Waals surface area (Å²) >= 11 is 0. The number of furan rings is 1. The van der Waals surface area contributed by atoms with E-state index in [1.54, 1.807) is 19.2 Å². The van der Waals surface area contributed by atoms with Crippen molar-refractivity contribution in [2.45, 2.75) is 0 Å². The van der Waals surface area contributed by atoms with Gasteiger partial charge in [-0.25, -0.2) is 0 Å². The van der Waals surface area contributed by atoms with Gasteiger partial charge in [0.15, 0.2) is 11.3 Å². The molecule has 150 valence electrons. The maximum atomic E-state index is 10.9. The normalized spacial score (nSPS) is 10.6. The number of hydrogen-bond acceptors (Lipinski definition) is 7. The van der Waals surface area contributed by atoms with Crippen LogP contribution in [0.1, 0.15) is 5.56 Å². The molecular weight excluding hydrogens is 384 g/mol. The second-order valence-electron chi connectivity index (χ2n) is 6.41. The number of hydrogen-bond donors (Lipinski definition) is 1. The number of rotatable bonds is 5. The van der Waals surface area contributed by atoms with Crippen LogP contribution in [0.2, 0.25) is 0 Å². The standard InChI is InChI=1S/C23H18N2O5/c1-27-15-6-4-13(5-7-15)17-10-18(25-12-14(17)11-24)19-20(26)23(29-3)22-16(8-9-30-22)21(19)28-2/h4-10,12,26H,1-3H3. The first-order chi connectivity index (χ1) is 14.6. The Morgan fingerprint density at radius 3 is 2.37 bits per heavy atom. The molecule has 0 atom stereocenters. The van der Waals surface area contributed by atoms with Gasteiger partial charge in [0, 0.05) is 11.8 Å². The number of aromatic nitrogens is 1. The molecular formula is C23H18N2O5. The fourth-order valence-electron chi connectivity index (χ4n) is 3.46. The van der Waals surface area contributed by atoms with Gasteiger partial charge < -0.3 is 23.7 Å². The number of methoxy groups -OCH3 is 3. The molecule has 7 nitrogen and oxygen atoms in total. The molecule has 2 aromatic carbocycles. The van der Waals surface area contributed by atoms with E-state index in [4.69, 9.17) is 18.6 Å². The summed E-state index contributed by atoms with van der Waals surface area (Å²) in [7, 11) is 4.54. The molecule has 0 aliphatic carbocycles. The van der Waals surface area contributed by atoms with Crippen LogP contribution < -0.4 is 14.2 Å². The zero-order chi connectivity index (χ0) is 21.3. The molecule has 0 radical (unpaired) electrons. The number of nitrogens with zero attached hydrogens (tertiary/aromatic N) is 2. The Labute approximate surface area is 172 Å². The largest absolute Gasteiger partial charge is 0.504 e. The minimum absolute atomic E-state index is 0.158. The van der Waals surface area contributed by atoms with E-state index >= 15 is 0 Å². The van der Waals surface area contributed by atoms with Gasteiger partial charge in [-0.2, -0.15) is 5.26 Å². The van der Waals surface area contributed by atoms with Crippen molar-refractivity contribution < 1.29 is 23.7 Å². The summed E-state index contributed by atoms with van der Waals surface area (Å²) in [5, 5.41) is 21.2. The predicted octanol–water partition coefficient (Wildman–Crippen LogP) is 4.76. The molecule has 4 rings (SSSR count). The van der Waals surface area contributed by atoms with Gasteiger partial charge in [0.2, 0.25) is 5.75 Å². The summed E-state index contributed by atoms with van der Waals surface area (Å²) in [5.41, 5.74) is 3.03. The van der Waals surface area contributed by atoms with Crippen molar-refractivity contribution in [2.75, 3.05) is 21.3 Å². The molecule has 0 spiro atoms. The number of pyridine rings is 1. The quantitative estimate of drug-likeness (QED) is 0.514. The van der Waals surface area contributed by atoms with Crippen LogP contribution in [-0.4, -0.2) is 31.4 Å². The second-order valence-corrected chi connectivity index (χ2v) is 6.41. The molecule has 30 heavy (non-hydrogen) atoms. The first-order valence-electron chi connectivity index (χ1n) is 9.02. The Hall–Kier alpha value is -4.18. The lowest BCUT2D eigenvalue weighted by Crippen LogP contribution is -1.96. The van der Waals surface area contributed by atoms with Crippen LogP contribution in [0.5, 0.6) is 23.0 Å². The van der Waals surface area contributed by atoms with Crippen molar-refractivity contribution in [2.24, 2.45) is 0 Å². The summed E-state index contributed by atoms with van der Waals surface area (Å²) in [6.07, 6.45) is 2.97. The summed E-state index contributed by atoms with van der Waals surface area (Å²) in [6.45, 7) is 0. The average Bonchev–Trinajstić information content (AvgIpc) is 3.27. The van der Waals surface area contributed by atoms with E-state index in [1.807, 2.05) is 24.3 Å². The highest BCUT2D eigenvalue weighted by atomic mass is 16.5. The van der Waals surface area contributed by atoms with Crippen LogP contribution in [0.15, 0.2) is 53.3 Å². The van der Waals surface area contributed by atoms with E-state index in [0.717, 1.165) is 5.56 Å².